The zero-order chi connectivity index (χ0) is 22.0. The monoisotopic (exact) mass is 438 g/mol. The number of esters is 1. The SMILES string of the molecule is Cc1cccc2nc(COC(=O)c3occc3CS(=O)(=O)c3ccccc3)cc(=O)n12. The minimum Gasteiger partial charge on any atom is -0.457 e. The molecule has 0 aliphatic carbocycles. The van der Waals surface area contributed by atoms with Crippen molar-refractivity contribution in [1.82, 2.24) is 9.38 Å². The summed E-state index contributed by atoms with van der Waals surface area (Å²) in [6, 6.07) is 15.9. The molecule has 0 fully saturated rings. The number of hydrogen-bond acceptors (Lipinski definition) is 7. The zero-order valence-electron chi connectivity index (χ0n) is 16.5. The number of fused-ring (bicyclic) bond motifs is 1. The number of ether oxygens (including phenoxy) is 1. The molecule has 0 amide bonds. The van der Waals surface area contributed by atoms with Crippen LogP contribution in [0, 0.1) is 6.92 Å². The average molecular weight is 438 g/mol. The van der Waals surface area contributed by atoms with Crippen molar-refractivity contribution in [2.45, 2.75) is 24.2 Å². The lowest BCUT2D eigenvalue weighted by Crippen LogP contribution is -2.18. The first kappa shape index (κ1) is 20.5. The molecule has 0 aliphatic rings. The molecule has 8 nitrogen and oxygen atoms in total. The maximum absolute atomic E-state index is 12.6. The van der Waals surface area contributed by atoms with E-state index in [4.69, 9.17) is 9.15 Å². The number of carbonyl (C=O) groups is 1. The summed E-state index contributed by atoms with van der Waals surface area (Å²) >= 11 is 0. The molecule has 0 saturated carbocycles. The molecule has 0 bridgehead atoms. The highest BCUT2D eigenvalue weighted by atomic mass is 32.2. The van der Waals surface area contributed by atoms with Gasteiger partial charge < -0.3 is 9.15 Å². The fraction of sp³-hybridized carbons (Fsp3) is 0.136. The summed E-state index contributed by atoms with van der Waals surface area (Å²) in [5, 5.41) is 0. The molecule has 0 N–H and O–H groups in total. The second-order valence-electron chi connectivity index (χ2n) is 6.87. The Morgan fingerprint density at radius 2 is 1.87 bits per heavy atom. The highest BCUT2D eigenvalue weighted by Gasteiger charge is 2.23. The van der Waals surface area contributed by atoms with Crippen LogP contribution >= 0.6 is 0 Å². The van der Waals surface area contributed by atoms with Gasteiger partial charge in [-0.2, -0.15) is 0 Å². The molecule has 9 heteroatoms. The van der Waals surface area contributed by atoms with Crippen LogP contribution in [0.3, 0.4) is 0 Å². The number of aromatic nitrogens is 2. The fourth-order valence-electron chi connectivity index (χ4n) is 3.19. The van der Waals surface area contributed by atoms with E-state index in [0.29, 0.717) is 5.65 Å². The Morgan fingerprint density at radius 3 is 2.65 bits per heavy atom. The number of rotatable bonds is 6. The van der Waals surface area contributed by atoms with E-state index in [2.05, 4.69) is 4.98 Å². The minimum absolute atomic E-state index is 0.145. The van der Waals surface area contributed by atoms with Crippen LogP contribution in [-0.2, 0) is 26.9 Å². The Bertz CT molecular complexity index is 1420. The van der Waals surface area contributed by atoms with E-state index in [-0.39, 0.29) is 34.1 Å². The number of hydrogen-bond donors (Lipinski definition) is 0. The van der Waals surface area contributed by atoms with Crippen LogP contribution in [-0.4, -0.2) is 23.8 Å². The largest absolute Gasteiger partial charge is 0.457 e. The molecule has 0 atom stereocenters. The molecule has 0 radical (unpaired) electrons. The molecule has 0 aliphatic heterocycles. The van der Waals surface area contributed by atoms with E-state index >= 15 is 0 Å². The predicted octanol–water partition coefficient (Wildman–Crippen LogP) is 2.93. The summed E-state index contributed by atoms with van der Waals surface area (Å²) in [4.78, 5) is 29.3. The Balaban J connectivity index is 1.52. The van der Waals surface area contributed by atoms with Gasteiger partial charge in [-0.3, -0.25) is 9.20 Å². The van der Waals surface area contributed by atoms with Gasteiger partial charge in [0.15, 0.2) is 9.84 Å². The van der Waals surface area contributed by atoms with E-state index < -0.39 is 21.6 Å². The number of benzene rings is 1. The van der Waals surface area contributed by atoms with Crippen molar-refractivity contribution in [1.29, 1.82) is 0 Å². The van der Waals surface area contributed by atoms with Gasteiger partial charge >= 0.3 is 5.97 Å². The number of furan rings is 1. The van der Waals surface area contributed by atoms with Gasteiger partial charge in [0.05, 0.1) is 22.6 Å². The highest BCUT2D eigenvalue weighted by molar-refractivity contribution is 7.90. The van der Waals surface area contributed by atoms with Crippen LogP contribution in [0.25, 0.3) is 5.65 Å². The number of aryl methyl sites for hydroxylation is 1. The van der Waals surface area contributed by atoms with Crippen molar-refractivity contribution < 1.29 is 22.4 Å². The first-order valence-electron chi connectivity index (χ1n) is 9.35. The topological polar surface area (TPSA) is 108 Å². The molecule has 0 spiro atoms. The van der Waals surface area contributed by atoms with E-state index in [0.717, 1.165) is 5.69 Å². The summed E-state index contributed by atoms with van der Waals surface area (Å²) in [5.41, 5.74) is 1.34. The summed E-state index contributed by atoms with van der Waals surface area (Å²) in [7, 11) is -3.66. The van der Waals surface area contributed by atoms with Crippen LogP contribution in [0.1, 0.15) is 27.5 Å². The molecular formula is C22H18N2O6S. The van der Waals surface area contributed by atoms with Gasteiger partial charge in [-0.25, -0.2) is 18.2 Å². The molecular weight excluding hydrogens is 420 g/mol. The lowest BCUT2D eigenvalue weighted by Gasteiger charge is -2.08. The molecule has 1 aromatic carbocycles. The van der Waals surface area contributed by atoms with Gasteiger partial charge in [-0.15, -0.1) is 0 Å². The Hall–Kier alpha value is -3.72. The third kappa shape index (κ3) is 4.26. The maximum atomic E-state index is 12.6. The van der Waals surface area contributed by atoms with Crippen molar-refractivity contribution in [3.05, 3.63) is 100.0 Å². The number of carbonyl (C=O) groups excluding carboxylic acids is 1. The van der Waals surface area contributed by atoms with Crippen LogP contribution in [0.2, 0.25) is 0 Å². The van der Waals surface area contributed by atoms with Crippen molar-refractivity contribution in [3.63, 3.8) is 0 Å². The average Bonchev–Trinajstić information content (AvgIpc) is 3.20. The van der Waals surface area contributed by atoms with Crippen LogP contribution in [0.4, 0.5) is 0 Å². The van der Waals surface area contributed by atoms with Crippen LogP contribution in [0.15, 0.2) is 81.0 Å². The lowest BCUT2D eigenvalue weighted by atomic mass is 10.3. The summed E-state index contributed by atoms with van der Waals surface area (Å²) in [6.45, 7) is 1.53. The van der Waals surface area contributed by atoms with E-state index in [1.807, 2.05) is 0 Å². The van der Waals surface area contributed by atoms with Gasteiger partial charge in [0.1, 0.15) is 12.3 Å². The maximum Gasteiger partial charge on any atom is 0.374 e. The van der Waals surface area contributed by atoms with Gasteiger partial charge in [0, 0.05) is 17.3 Å². The van der Waals surface area contributed by atoms with E-state index in [1.54, 1.807) is 43.3 Å². The van der Waals surface area contributed by atoms with Crippen molar-refractivity contribution in [3.8, 4) is 0 Å². The first-order valence-corrected chi connectivity index (χ1v) is 11.0. The number of nitrogens with zero attached hydrogens (tertiary/aromatic N) is 2. The van der Waals surface area contributed by atoms with Crippen molar-refractivity contribution >= 4 is 21.5 Å². The summed E-state index contributed by atoms with van der Waals surface area (Å²) in [5.74, 6) is -1.45. The number of pyridine rings is 1. The molecule has 4 rings (SSSR count). The normalized spacial score (nSPS) is 11.5. The molecule has 3 aromatic heterocycles. The molecule has 158 valence electrons. The molecule has 0 unspecified atom stereocenters. The van der Waals surface area contributed by atoms with Crippen molar-refractivity contribution in [2.24, 2.45) is 0 Å². The van der Waals surface area contributed by atoms with Gasteiger partial charge in [0.2, 0.25) is 5.76 Å². The second-order valence-corrected chi connectivity index (χ2v) is 8.86. The Morgan fingerprint density at radius 1 is 1.10 bits per heavy atom. The first-order chi connectivity index (χ1) is 14.8. The van der Waals surface area contributed by atoms with Crippen molar-refractivity contribution in [2.75, 3.05) is 0 Å². The summed E-state index contributed by atoms with van der Waals surface area (Å²) in [6.07, 6.45) is 1.23. The van der Waals surface area contributed by atoms with E-state index in [1.165, 1.54) is 34.9 Å². The molecule has 0 saturated heterocycles. The molecule has 31 heavy (non-hydrogen) atoms. The third-order valence-corrected chi connectivity index (χ3v) is 6.35. The van der Waals surface area contributed by atoms with Gasteiger partial charge in [-0.05, 0) is 37.3 Å². The minimum atomic E-state index is -3.66. The second kappa shape index (κ2) is 8.19. The predicted molar refractivity (Wildman–Crippen MR) is 111 cm³/mol. The Labute approximate surface area is 177 Å². The number of sulfone groups is 1. The molecule has 3 heterocycles. The van der Waals surface area contributed by atoms with Gasteiger partial charge in [-0.1, -0.05) is 24.3 Å². The third-order valence-electron chi connectivity index (χ3n) is 4.66. The smallest absolute Gasteiger partial charge is 0.374 e. The fourth-order valence-corrected chi connectivity index (χ4v) is 4.56. The Kier molecular flexibility index (Phi) is 5.43. The zero-order valence-corrected chi connectivity index (χ0v) is 17.3. The quantitative estimate of drug-likeness (QED) is 0.426. The lowest BCUT2D eigenvalue weighted by molar-refractivity contribution is 0.0430. The standard InChI is InChI=1S/C22H18N2O6S/c1-15-6-5-9-19-23-17(12-20(25)24(15)19)13-30-22(26)21-16(10-11-29-21)14-31(27,28)18-7-3-2-4-8-18/h2-12H,13-14H2,1H3. The van der Waals surface area contributed by atoms with Gasteiger partial charge in [0.25, 0.3) is 5.56 Å². The molecule has 4 aromatic rings. The summed E-state index contributed by atoms with van der Waals surface area (Å²) < 4.78 is 37.1. The highest BCUT2D eigenvalue weighted by Crippen LogP contribution is 2.21. The van der Waals surface area contributed by atoms with Crippen LogP contribution in [0.5, 0.6) is 0 Å². The van der Waals surface area contributed by atoms with Crippen LogP contribution < -0.4 is 5.56 Å². The van der Waals surface area contributed by atoms with E-state index in [9.17, 15) is 18.0 Å².